The van der Waals surface area contributed by atoms with Crippen molar-refractivity contribution in [3.05, 3.63) is 85.8 Å². The van der Waals surface area contributed by atoms with Gasteiger partial charge in [-0.3, -0.25) is 24.0 Å². The fourth-order valence-electron chi connectivity index (χ4n) is 5.94. The second kappa shape index (κ2) is 19.5. The Morgan fingerprint density at radius 3 is 2.20 bits per heavy atom. The summed E-state index contributed by atoms with van der Waals surface area (Å²) in [6.45, 7) is 0.668. The van der Waals surface area contributed by atoms with Crippen molar-refractivity contribution in [2.24, 2.45) is 11.8 Å². The zero-order valence-electron chi connectivity index (χ0n) is 32.0. The number of hydrogen-bond donors (Lipinski definition) is 1. The molecule has 2 aliphatic rings. The number of alkyl halides is 2. The van der Waals surface area contributed by atoms with Gasteiger partial charge in [-0.15, -0.1) is 0 Å². The topological polar surface area (TPSA) is 201 Å². The number of nitrogens with one attached hydrogen (secondary N) is 1. The molecular weight excluding hydrogens is 831 g/mol. The molecule has 16 nitrogen and oxygen atoms in total. The zero-order chi connectivity index (χ0) is 43.0. The molecule has 59 heavy (non-hydrogen) atoms. The second-order valence-electron chi connectivity index (χ2n) is 13.5. The minimum absolute atomic E-state index is 0.0345. The maximum absolute atomic E-state index is 13.8. The van der Waals surface area contributed by atoms with Crippen LogP contribution in [0.2, 0.25) is 10.0 Å². The monoisotopic (exact) mass is 869 g/mol. The number of carbonyl (C=O) groups excluding carboxylic acids is 5. The highest BCUT2D eigenvalue weighted by Crippen LogP contribution is 2.40. The third kappa shape index (κ3) is 12.0. The molecule has 1 aliphatic carbocycles. The first-order chi connectivity index (χ1) is 27.9. The number of ether oxygens (including phenoxy) is 9. The molecule has 20 heteroatoms. The third-order valence-corrected chi connectivity index (χ3v) is 9.53. The lowest BCUT2D eigenvalue weighted by molar-refractivity contribution is -0.399. The van der Waals surface area contributed by atoms with Gasteiger partial charge >= 0.3 is 42.4 Å². The Hall–Kier alpha value is -5.46. The smallest absolute Gasteiger partial charge is 0.417 e. The predicted molar refractivity (Wildman–Crippen MR) is 199 cm³/mol. The van der Waals surface area contributed by atoms with Crippen LogP contribution in [0.3, 0.4) is 0 Å². The average molecular weight is 871 g/mol. The number of esters is 5. The van der Waals surface area contributed by atoms with E-state index in [9.17, 15) is 37.5 Å². The first kappa shape index (κ1) is 44.6. The molecule has 1 saturated heterocycles. The van der Waals surface area contributed by atoms with Gasteiger partial charge in [0.2, 0.25) is 6.10 Å². The summed E-state index contributed by atoms with van der Waals surface area (Å²) in [4.78, 5) is 77.1. The number of aromatic amines is 1. The van der Waals surface area contributed by atoms with Gasteiger partial charge in [0.1, 0.15) is 23.5 Å². The van der Waals surface area contributed by atoms with Gasteiger partial charge in [0.25, 0.3) is 5.56 Å². The molecule has 0 radical (unpaired) electrons. The number of pyridine rings is 1. The standard InChI is InChI=1S/C39H39Cl2F2NO15/c1-19(45)51-17-26-18-53-39(58-22(4)48,35(55-21(3)47)34(26)54-20(2)46)59-27-10-7-24(8-11-27)37(50)56-31(14-28-29(40)15-44-36(49)33(28)41)25-9-12-30(57-38(42)43)32(13-25)52-16-23-5-6-23/h7-13,15,23,26,31,34-35,38H,5-6,14,16-18H2,1-4H3,(H,44,49). The molecule has 0 amide bonds. The largest absolute Gasteiger partial charge is 0.489 e. The molecule has 5 rings (SSSR count). The van der Waals surface area contributed by atoms with E-state index >= 15 is 0 Å². The SMILES string of the molecule is CC(=O)OCC1COC(OC(C)=O)(Oc2ccc(C(=O)OC(Cc3c(Cl)c[nH]c(=O)c3Cl)c3ccc(OC(F)F)c(OCC4CC4)c3)cc2)C(OC(C)=O)C1OC(C)=O. The summed E-state index contributed by atoms with van der Waals surface area (Å²) in [7, 11) is 0. The Morgan fingerprint density at radius 1 is 0.898 bits per heavy atom. The van der Waals surface area contributed by atoms with Crippen LogP contribution in [-0.4, -0.2) is 79.4 Å². The van der Waals surface area contributed by atoms with E-state index in [-0.39, 0.29) is 76.1 Å². The van der Waals surface area contributed by atoms with Crippen molar-refractivity contribution in [2.75, 3.05) is 19.8 Å². The number of halogens is 4. The van der Waals surface area contributed by atoms with Crippen LogP contribution in [0.25, 0.3) is 0 Å². The van der Waals surface area contributed by atoms with Gasteiger partial charge in [-0.05, 0) is 60.7 Å². The van der Waals surface area contributed by atoms with Gasteiger partial charge < -0.3 is 47.6 Å². The quantitative estimate of drug-likeness (QED) is 0.0957. The Labute approximate surface area is 345 Å². The van der Waals surface area contributed by atoms with Gasteiger partial charge in [-0.25, -0.2) is 4.79 Å². The molecule has 1 saturated carbocycles. The average Bonchev–Trinajstić information content (AvgIpc) is 3.99. The molecule has 1 aliphatic heterocycles. The van der Waals surface area contributed by atoms with E-state index in [1.165, 1.54) is 48.7 Å². The summed E-state index contributed by atoms with van der Waals surface area (Å²) in [5.41, 5.74) is -0.346. The molecule has 2 fully saturated rings. The lowest BCUT2D eigenvalue weighted by Gasteiger charge is -2.46. The van der Waals surface area contributed by atoms with Crippen molar-refractivity contribution in [1.29, 1.82) is 0 Å². The Balaban J connectivity index is 1.45. The van der Waals surface area contributed by atoms with Crippen LogP contribution in [0.5, 0.6) is 17.2 Å². The first-order valence-electron chi connectivity index (χ1n) is 18.0. The first-order valence-corrected chi connectivity index (χ1v) is 18.8. The van der Waals surface area contributed by atoms with Crippen LogP contribution in [0.15, 0.2) is 53.5 Å². The molecule has 2 heterocycles. The lowest BCUT2D eigenvalue weighted by Crippen LogP contribution is -2.66. The van der Waals surface area contributed by atoms with Gasteiger partial charge in [0, 0.05) is 45.9 Å². The van der Waals surface area contributed by atoms with Gasteiger partial charge in [0.15, 0.2) is 17.6 Å². The molecule has 318 valence electrons. The highest BCUT2D eigenvalue weighted by atomic mass is 35.5. The fraction of sp³-hybridized carbons (Fsp3) is 0.436. The molecule has 5 atom stereocenters. The van der Waals surface area contributed by atoms with Crippen LogP contribution in [0.4, 0.5) is 8.78 Å². The Kier molecular flexibility index (Phi) is 14.8. The summed E-state index contributed by atoms with van der Waals surface area (Å²) in [6.07, 6.45) is -1.61. The summed E-state index contributed by atoms with van der Waals surface area (Å²) >= 11 is 12.7. The number of carbonyl (C=O) groups is 5. The van der Waals surface area contributed by atoms with E-state index < -0.39 is 72.2 Å². The van der Waals surface area contributed by atoms with Crippen molar-refractivity contribution in [2.45, 2.75) is 77.9 Å². The van der Waals surface area contributed by atoms with Crippen molar-refractivity contribution >= 4 is 53.0 Å². The van der Waals surface area contributed by atoms with Crippen molar-refractivity contribution < 1.29 is 75.4 Å². The van der Waals surface area contributed by atoms with Crippen molar-refractivity contribution in [3.8, 4) is 17.2 Å². The lowest BCUT2D eigenvalue weighted by atomic mass is 9.94. The normalized spacial score (nSPS) is 20.5. The molecule has 1 aromatic heterocycles. The van der Waals surface area contributed by atoms with Gasteiger partial charge in [0.05, 0.1) is 29.7 Å². The molecular formula is C39H39Cl2F2NO15. The molecule has 3 aromatic rings. The number of aromatic nitrogens is 1. The third-order valence-electron chi connectivity index (χ3n) is 8.79. The van der Waals surface area contributed by atoms with E-state index in [1.54, 1.807) is 0 Å². The Morgan fingerprint density at radius 2 is 1.59 bits per heavy atom. The summed E-state index contributed by atoms with van der Waals surface area (Å²) in [5.74, 6) is -7.86. The molecule has 1 N–H and O–H groups in total. The fourth-order valence-corrected chi connectivity index (χ4v) is 6.45. The van der Waals surface area contributed by atoms with Crippen LogP contribution >= 0.6 is 23.2 Å². The van der Waals surface area contributed by atoms with E-state index in [2.05, 4.69) is 9.72 Å². The van der Waals surface area contributed by atoms with Crippen LogP contribution in [-0.2, 0) is 54.0 Å². The minimum atomic E-state index is -3.15. The van der Waals surface area contributed by atoms with Gasteiger partial charge in [-0.2, -0.15) is 8.78 Å². The minimum Gasteiger partial charge on any atom is -0.489 e. The van der Waals surface area contributed by atoms with Crippen LogP contribution in [0, 0.1) is 11.8 Å². The molecule has 0 spiro atoms. The molecule has 5 unspecified atom stereocenters. The van der Waals surface area contributed by atoms with E-state index in [1.807, 2.05) is 0 Å². The van der Waals surface area contributed by atoms with Crippen molar-refractivity contribution in [1.82, 2.24) is 4.98 Å². The maximum Gasteiger partial charge on any atom is 0.417 e. The van der Waals surface area contributed by atoms with E-state index in [0.29, 0.717) is 0 Å². The number of rotatable bonds is 17. The number of H-pyrrole nitrogens is 1. The summed E-state index contributed by atoms with van der Waals surface area (Å²) in [6, 6.07) is 9.06. The summed E-state index contributed by atoms with van der Waals surface area (Å²) in [5, 5.41) is -0.220. The Bertz CT molecular complexity index is 2090. The van der Waals surface area contributed by atoms with Crippen LogP contribution in [0.1, 0.15) is 68.1 Å². The number of hydrogen-bond acceptors (Lipinski definition) is 15. The molecule has 0 bridgehead atoms. The number of benzene rings is 2. The van der Waals surface area contributed by atoms with E-state index in [0.717, 1.165) is 40.5 Å². The van der Waals surface area contributed by atoms with Crippen LogP contribution < -0.4 is 19.8 Å². The highest BCUT2D eigenvalue weighted by Gasteiger charge is 2.60. The van der Waals surface area contributed by atoms with E-state index in [4.69, 9.17) is 61.1 Å². The second-order valence-corrected chi connectivity index (χ2v) is 14.3. The molecule has 2 aromatic carbocycles. The summed E-state index contributed by atoms with van der Waals surface area (Å²) < 4.78 is 76.3. The van der Waals surface area contributed by atoms with Gasteiger partial charge in [-0.1, -0.05) is 29.3 Å². The predicted octanol–water partition coefficient (Wildman–Crippen LogP) is 5.88. The maximum atomic E-state index is 13.8. The van der Waals surface area contributed by atoms with Crippen molar-refractivity contribution in [3.63, 3.8) is 0 Å². The zero-order valence-corrected chi connectivity index (χ0v) is 33.5. The highest BCUT2D eigenvalue weighted by molar-refractivity contribution is 6.35.